The van der Waals surface area contributed by atoms with E-state index in [9.17, 15) is 23.3 Å². The number of sulfonamides is 1. The molecule has 2 atom stereocenters. The van der Waals surface area contributed by atoms with Crippen LogP contribution in [0.4, 0.5) is 10.5 Å². The topological polar surface area (TPSA) is 119 Å². The first-order chi connectivity index (χ1) is 14.7. The number of alkyl carbamates (subject to hydrolysis) is 1. The lowest BCUT2D eigenvalue weighted by atomic mass is 10.0. The molecule has 9 nitrogen and oxygen atoms in total. The van der Waals surface area contributed by atoms with Crippen molar-refractivity contribution in [2.75, 3.05) is 13.1 Å². The molecular formula is C21H25N3O6S. The van der Waals surface area contributed by atoms with Gasteiger partial charge in [-0.15, -0.1) is 0 Å². The van der Waals surface area contributed by atoms with Gasteiger partial charge in [0.2, 0.25) is 10.0 Å². The number of carbonyl (C=O) groups is 1. The van der Waals surface area contributed by atoms with Gasteiger partial charge in [-0.3, -0.25) is 10.1 Å². The molecule has 10 heteroatoms. The monoisotopic (exact) mass is 447 g/mol. The summed E-state index contributed by atoms with van der Waals surface area (Å²) in [6, 6.07) is 13.9. The molecule has 0 aliphatic carbocycles. The number of benzene rings is 2. The second kappa shape index (κ2) is 9.44. The SMILES string of the molecule is CC(C)CN(C[C@H]1OC(=O)N[C@H]1Cc1ccccc1)S(=O)(=O)c1ccc([N+](=O)[O-])cc1. The van der Waals surface area contributed by atoms with Gasteiger partial charge in [-0.1, -0.05) is 44.2 Å². The van der Waals surface area contributed by atoms with Gasteiger partial charge in [0.05, 0.1) is 22.4 Å². The zero-order valence-electron chi connectivity index (χ0n) is 17.3. The lowest BCUT2D eigenvalue weighted by Gasteiger charge is -2.28. The number of hydrogen-bond acceptors (Lipinski definition) is 6. The van der Waals surface area contributed by atoms with Crippen LogP contribution in [0.2, 0.25) is 0 Å². The molecule has 1 heterocycles. The molecule has 1 N–H and O–H groups in total. The molecule has 1 aliphatic heterocycles. The second-order valence-corrected chi connectivity index (χ2v) is 9.79. The van der Waals surface area contributed by atoms with E-state index in [1.165, 1.54) is 16.4 Å². The maximum Gasteiger partial charge on any atom is 0.407 e. The number of nitrogens with one attached hydrogen (secondary N) is 1. The van der Waals surface area contributed by atoms with Crippen LogP contribution in [-0.2, 0) is 21.2 Å². The van der Waals surface area contributed by atoms with E-state index in [4.69, 9.17) is 4.74 Å². The third kappa shape index (κ3) is 5.59. The van der Waals surface area contributed by atoms with Gasteiger partial charge in [0, 0.05) is 18.7 Å². The van der Waals surface area contributed by atoms with Crippen LogP contribution in [0.5, 0.6) is 0 Å². The fourth-order valence-corrected chi connectivity index (χ4v) is 5.10. The minimum atomic E-state index is -3.95. The predicted molar refractivity (Wildman–Crippen MR) is 114 cm³/mol. The highest BCUT2D eigenvalue weighted by molar-refractivity contribution is 7.89. The number of nitro groups is 1. The lowest BCUT2D eigenvalue weighted by Crippen LogP contribution is -2.45. The van der Waals surface area contributed by atoms with Crippen LogP contribution in [0.15, 0.2) is 59.5 Å². The van der Waals surface area contributed by atoms with Crippen molar-refractivity contribution in [2.45, 2.75) is 37.3 Å². The Morgan fingerprint density at radius 2 is 1.77 bits per heavy atom. The third-order valence-corrected chi connectivity index (χ3v) is 6.79. The smallest absolute Gasteiger partial charge is 0.407 e. The van der Waals surface area contributed by atoms with Crippen LogP contribution in [0.25, 0.3) is 0 Å². The van der Waals surface area contributed by atoms with E-state index in [0.29, 0.717) is 6.42 Å². The summed E-state index contributed by atoms with van der Waals surface area (Å²) in [5, 5.41) is 13.6. The number of rotatable bonds is 9. The minimum Gasteiger partial charge on any atom is -0.443 e. The van der Waals surface area contributed by atoms with Gasteiger partial charge < -0.3 is 10.1 Å². The van der Waals surface area contributed by atoms with Crippen molar-refractivity contribution in [2.24, 2.45) is 5.92 Å². The summed E-state index contributed by atoms with van der Waals surface area (Å²) >= 11 is 0. The number of cyclic esters (lactones) is 1. The number of ether oxygens (including phenoxy) is 1. The summed E-state index contributed by atoms with van der Waals surface area (Å²) in [5.41, 5.74) is 0.808. The molecule has 2 aromatic carbocycles. The highest BCUT2D eigenvalue weighted by Crippen LogP contribution is 2.23. The quantitative estimate of drug-likeness (QED) is 0.466. The van der Waals surface area contributed by atoms with Crippen LogP contribution in [0.3, 0.4) is 0 Å². The number of hydrogen-bond donors (Lipinski definition) is 1. The van der Waals surface area contributed by atoms with Crippen molar-refractivity contribution in [3.8, 4) is 0 Å². The summed E-state index contributed by atoms with van der Waals surface area (Å²) < 4.78 is 33.2. The molecule has 0 radical (unpaired) electrons. The molecule has 0 aromatic heterocycles. The molecule has 3 rings (SSSR count). The maximum atomic E-state index is 13.3. The number of carbonyl (C=O) groups excluding carboxylic acids is 1. The molecule has 31 heavy (non-hydrogen) atoms. The molecule has 1 amide bonds. The summed E-state index contributed by atoms with van der Waals surface area (Å²) in [6.45, 7) is 3.97. The van der Waals surface area contributed by atoms with Gasteiger partial charge >= 0.3 is 6.09 Å². The van der Waals surface area contributed by atoms with Crippen LogP contribution < -0.4 is 5.32 Å². The molecule has 0 spiro atoms. The van der Waals surface area contributed by atoms with Crippen molar-refractivity contribution in [1.29, 1.82) is 0 Å². The Kier molecular flexibility index (Phi) is 6.91. The molecule has 166 valence electrons. The number of nitrogens with zero attached hydrogens (tertiary/aromatic N) is 2. The van der Waals surface area contributed by atoms with E-state index in [0.717, 1.165) is 17.7 Å². The molecule has 0 unspecified atom stereocenters. The zero-order chi connectivity index (χ0) is 22.6. The van der Waals surface area contributed by atoms with E-state index in [2.05, 4.69) is 5.32 Å². The molecule has 0 saturated carbocycles. The summed E-state index contributed by atoms with van der Waals surface area (Å²) in [5.74, 6) is 0.0189. The molecule has 0 bridgehead atoms. The van der Waals surface area contributed by atoms with Crippen molar-refractivity contribution in [3.05, 3.63) is 70.3 Å². The van der Waals surface area contributed by atoms with Gasteiger partial charge in [-0.05, 0) is 30.0 Å². The van der Waals surface area contributed by atoms with E-state index in [1.807, 2.05) is 44.2 Å². The van der Waals surface area contributed by atoms with E-state index in [1.54, 1.807) is 0 Å². The average molecular weight is 448 g/mol. The van der Waals surface area contributed by atoms with Gasteiger partial charge in [-0.2, -0.15) is 4.31 Å². The third-order valence-electron chi connectivity index (χ3n) is 4.95. The fourth-order valence-electron chi connectivity index (χ4n) is 3.48. The second-order valence-electron chi connectivity index (χ2n) is 7.85. The van der Waals surface area contributed by atoms with Crippen LogP contribution >= 0.6 is 0 Å². The predicted octanol–water partition coefficient (Wildman–Crippen LogP) is 2.96. The Morgan fingerprint density at radius 1 is 1.13 bits per heavy atom. The molecule has 1 aliphatic rings. The standard InChI is InChI=1S/C21H25N3O6S/c1-15(2)13-23(31(28,29)18-10-8-17(9-11-18)24(26)27)14-20-19(22-21(25)30-20)12-16-6-4-3-5-7-16/h3-11,15,19-20H,12-14H2,1-2H3,(H,22,25)/t19-,20+/m0/s1. The zero-order valence-corrected chi connectivity index (χ0v) is 18.1. The lowest BCUT2D eigenvalue weighted by molar-refractivity contribution is -0.384. The van der Waals surface area contributed by atoms with Crippen LogP contribution in [-0.4, -0.2) is 49.0 Å². The Bertz CT molecular complexity index is 1020. The van der Waals surface area contributed by atoms with Gasteiger partial charge in [0.1, 0.15) is 6.10 Å². The first-order valence-corrected chi connectivity index (χ1v) is 11.4. The highest BCUT2D eigenvalue weighted by atomic mass is 32.2. The van der Waals surface area contributed by atoms with Crippen LogP contribution in [0, 0.1) is 16.0 Å². The Labute approximate surface area is 181 Å². The summed E-state index contributed by atoms with van der Waals surface area (Å²) in [4.78, 5) is 22.2. The largest absolute Gasteiger partial charge is 0.443 e. The van der Waals surface area contributed by atoms with E-state index < -0.39 is 27.1 Å². The van der Waals surface area contributed by atoms with Crippen molar-refractivity contribution < 1.29 is 22.9 Å². The van der Waals surface area contributed by atoms with Crippen molar-refractivity contribution in [1.82, 2.24) is 9.62 Å². The van der Waals surface area contributed by atoms with Gasteiger partial charge in [0.15, 0.2) is 0 Å². The molecular weight excluding hydrogens is 422 g/mol. The Morgan fingerprint density at radius 3 is 2.35 bits per heavy atom. The highest BCUT2D eigenvalue weighted by Gasteiger charge is 2.38. The molecule has 2 aromatic rings. The van der Waals surface area contributed by atoms with E-state index >= 15 is 0 Å². The Hall–Kier alpha value is -2.98. The molecule has 1 fully saturated rings. The van der Waals surface area contributed by atoms with Gasteiger partial charge in [0.25, 0.3) is 5.69 Å². The fraction of sp³-hybridized carbons (Fsp3) is 0.381. The number of non-ortho nitro benzene ring substituents is 1. The molecule has 1 saturated heterocycles. The normalized spacial score (nSPS) is 18.8. The van der Waals surface area contributed by atoms with Gasteiger partial charge in [-0.25, -0.2) is 13.2 Å². The maximum absolute atomic E-state index is 13.3. The summed E-state index contributed by atoms with van der Waals surface area (Å²) in [7, 11) is -3.95. The van der Waals surface area contributed by atoms with Crippen molar-refractivity contribution >= 4 is 21.8 Å². The first kappa shape index (κ1) is 22.7. The summed E-state index contributed by atoms with van der Waals surface area (Å²) in [6.07, 6.45) is -0.743. The van der Waals surface area contributed by atoms with Crippen LogP contribution in [0.1, 0.15) is 19.4 Å². The minimum absolute atomic E-state index is 0.0189. The Balaban J connectivity index is 1.84. The first-order valence-electron chi connectivity index (χ1n) is 9.92. The average Bonchev–Trinajstić information content (AvgIpc) is 3.06. The number of amides is 1. The van der Waals surface area contributed by atoms with E-state index in [-0.39, 0.29) is 35.6 Å². The number of nitro benzene ring substituents is 1. The van der Waals surface area contributed by atoms with Crippen molar-refractivity contribution in [3.63, 3.8) is 0 Å².